The lowest BCUT2D eigenvalue weighted by Crippen LogP contribution is -2.29. The third kappa shape index (κ3) is 3.73. The lowest BCUT2D eigenvalue weighted by molar-refractivity contribution is 0.418. The van der Waals surface area contributed by atoms with E-state index < -0.39 is 0 Å². The summed E-state index contributed by atoms with van der Waals surface area (Å²) in [6.45, 7) is 7.60. The first-order valence-electron chi connectivity index (χ1n) is 5.13. The van der Waals surface area contributed by atoms with Crippen LogP contribution in [0.15, 0.2) is 12.4 Å². The Morgan fingerprint density at radius 1 is 1.33 bits per heavy atom. The molecule has 0 fully saturated rings. The van der Waals surface area contributed by atoms with Gasteiger partial charge >= 0.3 is 0 Å². The zero-order valence-electron chi connectivity index (χ0n) is 10.2. The molecule has 1 heterocycles. The fourth-order valence-corrected chi connectivity index (χ4v) is 1.49. The van der Waals surface area contributed by atoms with Gasteiger partial charge in [0.1, 0.15) is 18.0 Å². The Hall–Kier alpha value is -1.32. The summed E-state index contributed by atoms with van der Waals surface area (Å²) in [4.78, 5) is 10.5. The van der Waals surface area contributed by atoms with Gasteiger partial charge in [-0.05, 0) is 5.41 Å². The highest BCUT2D eigenvalue weighted by Crippen LogP contribution is 2.19. The maximum absolute atomic E-state index is 4.25. The quantitative estimate of drug-likeness (QED) is 0.825. The van der Waals surface area contributed by atoms with Crippen molar-refractivity contribution in [3.05, 3.63) is 12.4 Å². The van der Waals surface area contributed by atoms with Crippen LogP contribution in [0.3, 0.4) is 0 Å². The molecule has 0 amide bonds. The van der Waals surface area contributed by atoms with Crippen LogP contribution in [-0.2, 0) is 0 Å². The molecule has 84 valence electrons. The molecule has 0 aliphatic heterocycles. The fourth-order valence-electron chi connectivity index (χ4n) is 1.49. The molecule has 0 saturated heterocycles. The summed E-state index contributed by atoms with van der Waals surface area (Å²) in [6.07, 6.45) is 1.58. The average molecular weight is 208 g/mol. The molecule has 0 unspecified atom stereocenters. The first-order valence-corrected chi connectivity index (χ1v) is 5.13. The molecule has 1 N–H and O–H groups in total. The molecule has 15 heavy (non-hydrogen) atoms. The van der Waals surface area contributed by atoms with Crippen LogP contribution >= 0.6 is 0 Å². The molecule has 0 aromatic carbocycles. The number of anilines is 2. The van der Waals surface area contributed by atoms with E-state index >= 15 is 0 Å². The molecule has 4 heteroatoms. The normalized spacial score (nSPS) is 11.3. The van der Waals surface area contributed by atoms with Crippen LogP contribution in [0.5, 0.6) is 0 Å². The van der Waals surface area contributed by atoms with Gasteiger partial charge in [0.2, 0.25) is 0 Å². The molecule has 0 bridgehead atoms. The Balaban J connectivity index is 2.77. The smallest absolute Gasteiger partial charge is 0.133 e. The van der Waals surface area contributed by atoms with E-state index in [0.717, 1.165) is 18.2 Å². The first-order chi connectivity index (χ1) is 6.92. The predicted molar refractivity (Wildman–Crippen MR) is 64.3 cm³/mol. The van der Waals surface area contributed by atoms with Crippen molar-refractivity contribution in [3.63, 3.8) is 0 Å². The molecular weight excluding hydrogens is 188 g/mol. The highest BCUT2D eigenvalue weighted by atomic mass is 15.2. The van der Waals surface area contributed by atoms with Crippen molar-refractivity contribution in [2.24, 2.45) is 5.41 Å². The number of hydrogen-bond acceptors (Lipinski definition) is 4. The SMILES string of the molecule is CNc1cc(N(C)CC(C)(C)C)ncn1. The lowest BCUT2D eigenvalue weighted by atomic mass is 9.96. The van der Waals surface area contributed by atoms with Gasteiger partial charge in [-0.2, -0.15) is 0 Å². The average Bonchev–Trinajstić information content (AvgIpc) is 2.15. The van der Waals surface area contributed by atoms with Crippen LogP contribution in [0.4, 0.5) is 11.6 Å². The summed E-state index contributed by atoms with van der Waals surface area (Å²) in [5.74, 6) is 1.80. The van der Waals surface area contributed by atoms with Gasteiger partial charge in [0.05, 0.1) is 0 Å². The molecule has 0 aliphatic rings. The molecule has 0 radical (unpaired) electrons. The second-order valence-corrected chi connectivity index (χ2v) is 4.93. The van der Waals surface area contributed by atoms with Crippen molar-refractivity contribution in [2.75, 3.05) is 30.9 Å². The molecule has 1 rings (SSSR count). The standard InChI is InChI=1S/C11H20N4/c1-11(2,3)7-15(5)10-6-9(12-4)13-8-14-10/h6,8H,7H2,1-5H3,(H,12,13,14). The van der Waals surface area contributed by atoms with Crippen molar-refractivity contribution in [1.29, 1.82) is 0 Å². The van der Waals surface area contributed by atoms with Crippen molar-refractivity contribution >= 4 is 11.6 Å². The summed E-state index contributed by atoms with van der Waals surface area (Å²) < 4.78 is 0. The summed E-state index contributed by atoms with van der Waals surface area (Å²) in [5, 5.41) is 3.01. The Bertz CT molecular complexity index is 317. The van der Waals surface area contributed by atoms with Crippen LogP contribution in [0.2, 0.25) is 0 Å². The number of hydrogen-bond donors (Lipinski definition) is 1. The van der Waals surface area contributed by atoms with E-state index in [1.54, 1.807) is 6.33 Å². The van der Waals surface area contributed by atoms with Gasteiger partial charge in [0.25, 0.3) is 0 Å². The maximum Gasteiger partial charge on any atom is 0.133 e. The minimum atomic E-state index is 0.263. The van der Waals surface area contributed by atoms with Crippen LogP contribution in [0, 0.1) is 5.41 Å². The number of rotatable bonds is 3. The van der Waals surface area contributed by atoms with Gasteiger partial charge in [0, 0.05) is 26.7 Å². The summed E-state index contributed by atoms with van der Waals surface area (Å²) in [5.41, 5.74) is 0.263. The molecule has 4 nitrogen and oxygen atoms in total. The van der Waals surface area contributed by atoms with Crippen molar-refractivity contribution in [2.45, 2.75) is 20.8 Å². The molecule has 1 aromatic heterocycles. The number of nitrogens with one attached hydrogen (secondary N) is 1. The van der Waals surface area contributed by atoms with E-state index in [1.165, 1.54) is 0 Å². The number of nitrogens with zero attached hydrogens (tertiary/aromatic N) is 3. The van der Waals surface area contributed by atoms with Gasteiger partial charge in [0.15, 0.2) is 0 Å². The Labute approximate surface area is 91.7 Å². The van der Waals surface area contributed by atoms with Crippen molar-refractivity contribution in [1.82, 2.24) is 9.97 Å². The van der Waals surface area contributed by atoms with E-state index in [4.69, 9.17) is 0 Å². The topological polar surface area (TPSA) is 41.0 Å². The third-order valence-corrected chi connectivity index (χ3v) is 2.01. The van der Waals surface area contributed by atoms with E-state index in [2.05, 4.69) is 41.0 Å². The second kappa shape index (κ2) is 4.47. The molecule has 0 saturated carbocycles. The fraction of sp³-hybridized carbons (Fsp3) is 0.636. The van der Waals surface area contributed by atoms with Gasteiger partial charge in [-0.15, -0.1) is 0 Å². The highest BCUT2D eigenvalue weighted by molar-refractivity contribution is 5.47. The molecule has 1 aromatic rings. The minimum absolute atomic E-state index is 0.263. The van der Waals surface area contributed by atoms with E-state index in [9.17, 15) is 0 Å². The zero-order chi connectivity index (χ0) is 11.5. The highest BCUT2D eigenvalue weighted by Gasteiger charge is 2.14. The molecule has 0 atom stereocenters. The molecule has 0 spiro atoms. The van der Waals surface area contributed by atoms with E-state index in [1.807, 2.05) is 20.2 Å². The van der Waals surface area contributed by atoms with Crippen LogP contribution in [-0.4, -0.2) is 30.6 Å². The van der Waals surface area contributed by atoms with Gasteiger partial charge < -0.3 is 10.2 Å². The second-order valence-electron chi connectivity index (χ2n) is 4.93. The Kier molecular flexibility index (Phi) is 3.50. The largest absolute Gasteiger partial charge is 0.373 e. The van der Waals surface area contributed by atoms with Crippen LogP contribution in [0.1, 0.15) is 20.8 Å². The minimum Gasteiger partial charge on any atom is -0.373 e. The molecule has 0 aliphatic carbocycles. The third-order valence-electron chi connectivity index (χ3n) is 2.01. The first kappa shape index (κ1) is 11.8. The summed E-state index contributed by atoms with van der Waals surface area (Å²) >= 11 is 0. The lowest BCUT2D eigenvalue weighted by Gasteiger charge is -2.27. The summed E-state index contributed by atoms with van der Waals surface area (Å²) in [7, 11) is 3.91. The zero-order valence-corrected chi connectivity index (χ0v) is 10.2. The predicted octanol–water partition coefficient (Wildman–Crippen LogP) is 2.00. The van der Waals surface area contributed by atoms with Crippen LogP contribution in [0.25, 0.3) is 0 Å². The Morgan fingerprint density at radius 3 is 2.53 bits per heavy atom. The number of aromatic nitrogens is 2. The van der Waals surface area contributed by atoms with Crippen LogP contribution < -0.4 is 10.2 Å². The van der Waals surface area contributed by atoms with E-state index in [0.29, 0.717) is 0 Å². The van der Waals surface area contributed by atoms with Crippen molar-refractivity contribution < 1.29 is 0 Å². The Morgan fingerprint density at radius 2 is 2.00 bits per heavy atom. The molecular formula is C11H20N4. The van der Waals surface area contributed by atoms with Gasteiger partial charge in [-0.3, -0.25) is 0 Å². The van der Waals surface area contributed by atoms with E-state index in [-0.39, 0.29) is 5.41 Å². The van der Waals surface area contributed by atoms with Crippen molar-refractivity contribution in [3.8, 4) is 0 Å². The van der Waals surface area contributed by atoms with Gasteiger partial charge in [-0.1, -0.05) is 20.8 Å². The maximum atomic E-state index is 4.25. The van der Waals surface area contributed by atoms with Gasteiger partial charge in [-0.25, -0.2) is 9.97 Å². The summed E-state index contributed by atoms with van der Waals surface area (Å²) in [6, 6.07) is 1.95. The monoisotopic (exact) mass is 208 g/mol.